The molecule has 4 aromatic rings. The molecular weight excluding hydrogens is 396 g/mol. The van der Waals surface area contributed by atoms with Crippen molar-refractivity contribution in [3.05, 3.63) is 66.2 Å². The lowest BCUT2D eigenvalue weighted by atomic mass is 10.1. The maximum atomic E-state index is 12.8. The van der Waals surface area contributed by atoms with Crippen LogP contribution < -0.4 is 19.5 Å². The topological polar surface area (TPSA) is 87.5 Å². The van der Waals surface area contributed by atoms with Crippen LogP contribution in [0.25, 0.3) is 16.7 Å². The fourth-order valence-corrected chi connectivity index (χ4v) is 3.13. The summed E-state index contributed by atoms with van der Waals surface area (Å²) in [6.45, 7) is 2.55. The number of nitrogens with one attached hydrogen (secondary N) is 1. The summed E-state index contributed by atoms with van der Waals surface area (Å²) in [5.41, 5.74) is 3.20. The number of methoxy groups -OCH3 is 2. The first-order chi connectivity index (χ1) is 15.1. The van der Waals surface area contributed by atoms with Crippen LogP contribution in [-0.4, -0.2) is 41.7 Å². The molecule has 3 aromatic carbocycles. The van der Waals surface area contributed by atoms with Crippen molar-refractivity contribution < 1.29 is 19.0 Å². The van der Waals surface area contributed by atoms with Crippen molar-refractivity contribution >= 4 is 22.6 Å². The van der Waals surface area contributed by atoms with Gasteiger partial charge in [-0.05, 0) is 61.5 Å². The minimum atomic E-state index is -0.294. The number of carbonyl (C=O) groups is 1. The molecule has 0 fully saturated rings. The number of carbonyl (C=O) groups excluding carboxylic acids is 1. The van der Waals surface area contributed by atoms with E-state index in [1.165, 1.54) is 7.11 Å². The Bertz CT molecular complexity index is 1220. The summed E-state index contributed by atoms with van der Waals surface area (Å²) in [6, 6.07) is 18.0. The Kier molecular flexibility index (Phi) is 5.70. The van der Waals surface area contributed by atoms with Gasteiger partial charge in [0.15, 0.2) is 0 Å². The lowest BCUT2D eigenvalue weighted by Gasteiger charge is -2.10. The van der Waals surface area contributed by atoms with Crippen LogP contribution in [0.2, 0.25) is 0 Å². The minimum Gasteiger partial charge on any atom is -0.497 e. The van der Waals surface area contributed by atoms with Gasteiger partial charge >= 0.3 is 0 Å². The lowest BCUT2D eigenvalue weighted by molar-refractivity contribution is 0.102. The van der Waals surface area contributed by atoms with E-state index in [4.69, 9.17) is 14.2 Å². The number of rotatable bonds is 7. The molecule has 0 radical (unpaired) electrons. The van der Waals surface area contributed by atoms with E-state index in [2.05, 4.69) is 15.5 Å². The summed E-state index contributed by atoms with van der Waals surface area (Å²) < 4.78 is 16.0. The summed E-state index contributed by atoms with van der Waals surface area (Å²) >= 11 is 0. The van der Waals surface area contributed by atoms with E-state index in [1.54, 1.807) is 42.2 Å². The number of amides is 1. The monoisotopic (exact) mass is 418 g/mol. The molecule has 158 valence electrons. The Balaban J connectivity index is 1.56. The highest BCUT2D eigenvalue weighted by Crippen LogP contribution is 2.26. The van der Waals surface area contributed by atoms with Gasteiger partial charge in [0.2, 0.25) is 0 Å². The van der Waals surface area contributed by atoms with Gasteiger partial charge in [0.05, 0.1) is 32.1 Å². The number of anilines is 1. The molecule has 8 heteroatoms. The summed E-state index contributed by atoms with van der Waals surface area (Å²) in [5, 5.41) is 11.9. The molecule has 0 aliphatic rings. The van der Waals surface area contributed by atoms with Crippen LogP contribution in [-0.2, 0) is 0 Å². The maximum absolute atomic E-state index is 12.8. The maximum Gasteiger partial charge on any atom is 0.259 e. The molecule has 0 saturated heterocycles. The van der Waals surface area contributed by atoms with E-state index in [9.17, 15) is 4.79 Å². The number of ether oxygens (including phenoxy) is 3. The van der Waals surface area contributed by atoms with Gasteiger partial charge in [-0.1, -0.05) is 0 Å². The summed E-state index contributed by atoms with van der Waals surface area (Å²) in [4.78, 5) is 14.3. The molecule has 1 heterocycles. The Morgan fingerprint density at radius 2 is 1.65 bits per heavy atom. The van der Waals surface area contributed by atoms with Gasteiger partial charge in [-0.3, -0.25) is 4.79 Å². The van der Waals surface area contributed by atoms with Gasteiger partial charge in [0.1, 0.15) is 28.3 Å². The Labute approximate surface area is 179 Å². The average Bonchev–Trinajstić information content (AvgIpc) is 3.22. The molecule has 1 amide bonds. The van der Waals surface area contributed by atoms with Crippen molar-refractivity contribution in [2.75, 3.05) is 26.1 Å². The summed E-state index contributed by atoms with van der Waals surface area (Å²) in [6.07, 6.45) is 0. The van der Waals surface area contributed by atoms with Crippen molar-refractivity contribution in [1.82, 2.24) is 15.0 Å². The van der Waals surface area contributed by atoms with Crippen molar-refractivity contribution in [3.8, 4) is 22.9 Å². The molecule has 0 aliphatic heterocycles. The van der Waals surface area contributed by atoms with E-state index < -0.39 is 0 Å². The third kappa shape index (κ3) is 4.28. The van der Waals surface area contributed by atoms with E-state index in [1.807, 2.05) is 37.3 Å². The Morgan fingerprint density at radius 1 is 0.903 bits per heavy atom. The zero-order valence-corrected chi connectivity index (χ0v) is 17.5. The van der Waals surface area contributed by atoms with Gasteiger partial charge in [0, 0.05) is 11.8 Å². The van der Waals surface area contributed by atoms with Gasteiger partial charge in [-0.15, -0.1) is 10.2 Å². The Morgan fingerprint density at radius 3 is 2.35 bits per heavy atom. The molecular formula is C23H22N4O4. The van der Waals surface area contributed by atoms with Gasteiger partial charge < -0.3 is 19.5 Å². The van der Waals surface area contributed by atoms with Crippen LogP contribution in [0.5, 0.6) is 17.2 Å². The molecule has 0 bridgehead atoms. The number of hydrogen-bond donors (Lipinski definition) is 1. The Hall–Kier alpha value is -4.07. The van der Waals surface area contributed by atoms with Crippen LogP contribution >= 0.6 is 0 Å². The predicted molar refractivity (Wildman–Crippen MR) is 118 cm³/mol. The number of benzene rings is 3. The third-order valence-electron chi connectivity index (χ3n) is 4.67. The lowest BCUT2D eigenvalue weighted by Crippen LogP contribution is -2.13. The van der Waals surface area contributed by atoms with Gasteiger partial charge in [0.25, 0.3) is 5.91 Å². The van der Waals surface area contributed by atoms with E-state index in [0.29, 0.717) is 40.4 Å². The zero-order valence-electron chi connectivity index (χ0n) is 17.5. The van der Waals surface area contributed by atoms with Crippen LogP contribution in [0.3, 0.4) is 0 Å². The largest absolute Gasteiger partial charge is 0.497 e. The van der Waals surface area contributed by atoms with Crippen LogP contribution in [0.4, 0.5) is 5.69 Å². The van der Waals surface area contributed by atoms with Crippen molar-refractivity contribution in [1.29, 1.82) is 0 Å². The summed E-state index contributed by atoms with van der Waals surface area (Å²) in [5.74, 6) is 1.54. The SMILES string of the molecule is CCOc1ccc(-n2nc3ccc(NC(=O)c4ccc(OC)cc4OC)cc3n2)cc1. The van der Waals surface area contributed by atoms with Crippen LogP contribution in [0.1, 0.15) is 17.3 Å². The minimum absolute atomic E-state index is 0.294. The zero-order chi connectivity index (χ0) is 21.8. The van der Waals surface area contributed by atoms with Crippen molar-refractivity contribution in [2.45, 2.75) is 6.92 Å². The highest BCUT2D eigenvalue weighted by molar-refractivity contribution is 6.06. The highest BCUT2D eigenvalue weighted by Gasteiger charge is 2.14. The number of fused-ring (bicyclic) bond motifs is 1. The first-order valence-electron chi connectivity index (χ1n) is 9.75. The van der Waals surface area contributed by atoms with Crippen molar-refractivity contribution in [3.63, 3.8) is 0 Å². The van der Waals surface area contributed by atoms with Crippen LogP contribution in [0, 0.1) is 0 Å². The average molecular weight is 418 g/mol. The molecule has 0 atom stereocenters. The molecule has 1 N–H and O–H groups in total. The molecule has 0 aliphatic carbocycles. The molecule has 8 nitrogen and oxygen atoms in total. The number of hydrogen-bond acceptors (Lipinski definition) is 6. The first kappa shape index (κ1) is 20.2. The fraction of sp³-hybridized carbons (Fsp3) is 0.174. The van der Waals surface area contributed by atoms with E-state index in [-0.39, 0.29) is 5.91 Å². The predicted octanol–water partition coefficient (Wildman–Crippen LogP) is 4.09. The normalized spacial score (nSPS) is 10.7. The second-order valence-electron chi connectivity index (χ2n) is 6.64. The van der Waals surface area contributed by atoms with Crippen LogP contribution in [0.15, 0.2) is 60.7 Å². The molecule has 0 unspecified atom stereocenters. The van der Waals surface area contributed by atoms with E-state index in [0.717, 1.165) is 11.4 Å². The highest BCUT2D eigenvalue weighted by atomic mass is 16.5. The fourth-order valence-electron chi connectivity index (χ4n) is 3.13. The summed E-state index contributed by atoms with van der Waals surface area (Å²) in [7, 11) is 3.07. The third-order valence-corrected chi connectivity index (χ3v) is 4.67. The molecule has 0 spiro atoms. The molecule has 1 aromatic heterocycles. The first-order valence-corrected chi connectivity index (χ1v) is 9.75. The number of aromatic nitrogens is 3. The molecule has 31 heavy (non-hydrogen) atoms. The quantitative estimate of drug-likeness (QED) is 0.486. The second kappa shape index (κ2) is 8.74. The van der Waals surface area contributed by atoms with Gasteiger partial charge in [-0.25, -0.2) is 0 Å². The second-order valence-corrected chi connectivity index (χ2v) is 6.64. The van der Waals surface area contributed by atoms with Gasteiger partial charge in [-0.2, -0.15) is 4.80 Å². The molecule has 4 rings (SSSR count). The number of nitrogens with zero attached hydrogens (tertiary/aromatic N) is 3. The smallest absolute Gasteiger partial charge is 0.259 e. The van der Waals surface area contributed by atoms with E-state index >= 15 is 0 Å². The van der Waals surface area contributed by atoms with Crippen molar-refractivity contribution in [2.24, 2.45) is 0 Å². The standard InChI is InChI=1S/C23H22N4O4/c1-4-31-17-8-6-16(7-9-17)27-25-20-12-5-15(13-21(20)26-27)24-23(28)19-11-10-18(29-2)14-22(19)30-3/h5-14H,4H2,1-3H3,(H,24,28). The molecule has 0 saturated carbocycles.